The molecule has 6 N–H and O–H groups in total. The molecule has 3 heterocycles. The van der Waals surface area contributed by atoms with Gasteiger partial charge in [0.05, 0.1) is 23.4 Å². The topological polar surface area (TPSA) is 139 Å². The van der Waals surface area contributed by atoms with Crippen molar-refractivity contribution in [2.75, 3.05) is 0 Å². The Morgan fingerprint density at radius 2 is 1.82 bits per heavy atom. The lowest BCUT2D eigenvalue weighted by Crippen LogP contribution is -2.76. The number of hydrogen-bond donors (Lipinski definition) is 6. The Labute approximate surface area is 235 Å². The first-order valence-corrected chi connectivity index (χ1v) is 15.0. The first-order valence-electron chi connectivity index (χ1n) is 15.0. The molecule has 7 rings (SSSR count). The Morgan fingerprint density at radius 1 is 1.10 bits per heavy atom. The molecule has 0 amide bonds. The minimum Gasteiger partial charge on any atom is -0.390 e. The summed E-state index contributed by atoms with van der Waals surface area (Å²) in [6.45, 7) is 11.1. The summed E-state index contributed by atoms with van der Waals surface area (Å²) < 4.78 is 12.7. The van der Waals surface area contributed by atoms with Gasteiger partial charge >= 0.3 is 0 Å². The van der Waals surface area contributed by atoms with E-state index in [-0.39, 0.29) is 11.5 Å². The average molecular weight is 556 g/mol. The van der Waals surface area contributed by atoms with E-state index in [4.69, 9.17) is 9.47 Å². The highest BCUT2D eigenvalue weighted by atomic mass is 16.7. The molecule has 5 aliphatic rings. The van der Waals surface area contributed by atoms with E-state index in [1.807, 2.05) is 6.07 Å². The fraction of sp³-hybridized carbons (Fsp3) is 0.750. The van der Waals surface area contributed by atoms with Crippen LogP contribution in [0.25, 0.3) is 10.9 Å². The number of ether oxygens (including phenoxy) is 2. The van der Waals surface area contributed by atoms with E-state index in [1.54, 1.807) is 27.7 Å². The number of fused-ring (bicyclic) bond motifs is 7. The summed E-state index contributed by atoms with van der Waals surface area (Å²) in [5, 5.41) is 56.6. The number of rotatable bonds is 4. The van der Waals surface area contributed by atoms with Gasteiger partial charge in [0, 0.05) is 33.8 Å². The van der Waals surface area contributed by atoms with Crippen molar-refractivity contribution in [2.45, 2.75) is 138 Å². The van der Waals surface area contributed by atoms with E-state index in [1.165, 1.54) is 16.6 Å². The molecule has 3 aliphatic carbocycles. The summed E-state index contributed by atoms with van der Waals surface area (Å²) in [5.41, 5.74) is -1.03. The zero-order chi connectivity index (χ0) is 28.8. The Kier molecular flexibility index (Phi) is 5.39. The second kappa shape index (κ2) is 7.90. The summed E-state index contributed by atoms with van der Waals surface area (Å²) in [7, 11) is 0. The van der Waals surface area contributed by atoms with Gasteiger partial charge in [-0.05, 0) is 82.9 Å². The van der Waals surface area contributed by atoms with Crippen LogP contribution < -0.4 is 0 Å². The van der Waals surface area contributed by atoms with Crippen LogP contribution >= 0.6 is 0 Å². The number of benzene rings is 1. The quantitative estimate of drug-likeness (QED) is 0.319. The molecule has 1 aromatic carbocycles. The predicted molar refractivity (Wildman–Crippen MR) is 149 cm³/mol. The van der Waals surface area contributed by atoms with Gasteiger partial charge in [0.15, 0.2) is 5.60 Å². The minimum absolute atomic E-state index is 0.352. The number of aromatic nitrogens is 1. The summed E-state index contributed by atoms with van der Waals surface area (Å²) in [5.74, 6) is 0.365. The number of aromatic amines is 1. The van der Waals surface area contributed by atoms with Gasteiger partial charge in [-0.2, -0.15) is 0 Å². The standard InChI is InChI=1S/C32H45NO7/c1-27(2,36)21(34)14-16-7-8-18-19-15-17-9-12-31(38)29(5,30(17,6)24(19)33-20(18)13-16)11-10-22-32(31)26(40-32)23(35)25(39-22)28(3,4)37/h7-8,13,17,21-23,25-26,33-38H,9-12,14-15H2,1-6H3. The second-order valence-corrected chi connectivity index (χ2v) is 15.1. The number of hydrogen-bond acceptors (Lipinski definition) is 7. The molecule has 2 aromatic rings. The van der Waals surface area contributed by atoms with Crippen molar-refractivity contribution in [3.63, 3.8) is 0 Å². The number of H-pyrrole nitrogens is 1. The fourth-order valence-corrected chi connectivity index (χ4v) is 9.67. The minimum atomic E-state index is -1.23. The van der Waals surface area contributed by atoms with E-state index in [2.05, 4.69) is 31.0 Å². The van der Waals surface area contributed by atoms with E-state index in [9.17, 15) is 25.5 Å². The van der Waals surface area contributed by atoms with Crippen LogP contribution in [0.15, 0.2) is 18.2 Å². The smallest absolute Gasteiger partial charge is 0.152 e. The summed E-state index contributed by atoms with van der Waals surface area (Å²) in [6, 6.07) is 6.25. The number of nitrogens with one attached hydrogen (secondary N) is 1. The number of epoxide rings is 1. The highest BCUT2D eigenvalue weighted by Crippen LogP contribution is 2.74. The molecule has 1 spiro atoms. The molecule has 0 radical (unpaired) electrons. The maximum absolute atomic E-state index is 12.8. The van der Waals surface area contributed by atoms with Crippen LogP contribution in [0, 0.1) is 11.3 Å². The van der Waals surface area contributed by atoms with E-state index in [0.717, 1.165) is 30.3 Å². The van der Waals surface area contributed by atoms with E-state index < -0.39 is 52.2 Å². The monoisotopic (exact) mass is 555 g/mol. The Balaban J connectivity index is 1.28. The SMILES string of the molecule is CC(C)(O)C(O)Cc1ccc2c3c([nH]c2c1)C1(C)C(CCC2(O)C45OC4C(O)C(C(C)(C)O)OC5CCC12C)C3. The van der Waals surface area contributed by atoms with Gasteiger partial charge in [0.25, 0.3) is 0 Å². The molecule has 8 heteroatoms. The largest absolute Gasteiger partial charge is 0.390 e. The van der Waals surface area contributed by atoms with Crippen LogP contribution in [0.4, 0.5) is 0 Å². The van der Waals surface area contributed by atoms with Crippen LogP contribution in [0.5, 0.6) is 0 Å². The Hall–Kier alpha value is -1.52. The lowest BCUT2D eigenvalue weighted by Gasteiger charge is -2.66. The molecule has 2 saturated carbocycles. The van der Waals surface area contributed by atoms with E-state index in [0.29, 0.717) is 25.2 Å². The maximum atomic E-state index is 12.8. The lowest BCUT2D eigenvalue weighted by atomic mass is 9.40. The molecule has 2 saturated heterocycles. The van der Waals surface area contributed by atoms with Gasteiger partial charge in [0.2, 0.25) is 0 Å². The van der Waals surface area contributed by atoms with Crippen LogP contribution in [0.1, 0.15) is 84.0 Å². The Morgan fingerprint density at radius 3 is 2.50 bits per heavy atom. The molecule has 4 fully saturated rings. The first-order chi connectivity index (χ1) is 18.5. The highest BCUT2D eigenvalue weighted by Gasteiger charge is 2.86. The number of aliphatic hydroxyl groups is 5. The molecular weight excluding hydrogens is 510 g/mol. The van der Waals surface area contributed by atoms with Crippen molar-refractivity contribution in [1.82, 2.24) is 4.98 Å². The lowest BCUT2D eigenvalue weighted by molar-refractivity contribution is -0.280. The van der Waals surface area contributed by atoms with Crippen molar-refractivity contribution in [1.29, 1.82) is 0 Å². The third kappa shape index (κ3) is 3.11. The van der Waals surface area contributed by atoms with Crippen molar-refractivity contribution in [3.8, 4) is 0 Å². The third-order valence-corrected chi connectivity index (χ3v) is 12.3. The second-order valence-electron chi connectivity index (χ2n) is 15.1. The van der Waals surface area contributed by atoms with E-state index >= 15 is 0 Å². The van der Waals surface area contributed by atoms with Gasteiger partial charge < -0.3 is 40.0 Å². The maximum Gasteiger partial charge on any atom is 0.152 e. The normalized spacial score (nSPS) is 44.8. The van der Waals surface area contributed by atoms with Crippen LogP contribution in [-0.4, -0.2) is 83.4 Å². The highest BCUT2D eigenvalue weighted by molar-refractivity contribution is 5.87. The van der Waals surface area contributed by atoms with Gasteiger partial charge in [-0.15, -0.1) is 0 Å². The zero-order valence-electron chi connectivity index (χ0n) is 24.5. The zero-order valence-corrected chi connectivity index (χ0v) is 24.5. The predicted octanol–water partition coefficient (Wildman–Crippen LogP) is 2.63. The number of aliphatic hydroxyl groups excluding tert-OH is 2. The van der Waals surface area contributed by atoms with Crippen molar-refractivity contribution in [3.05, 3.63) is 35.0 Å². The van der Waals surface area contributed by atoms with Crippen LogP contribution in [0.2, 0.25) is 0 Å². The van der Waals surface area contributed by atoms with Gasteiger partial charge in [-0.1, -0.05) is 26.0 Å². The fourth-order valence-electron chi connectivity index (χ4n) is 9.67. The van der Waals surface area contributed by atoms with Gasteiger partial charge in [0.1, 0.15) is 23.9 Å². The molecule has 220 valence electrons. The third-order valence-electron chi connectivity index (χ3n) is 12.3. The average Bonchev–Trinajstić information content (AvgIpc) is 3.44. The molecule has 10 atom stereocenters. The first kappa shape index (κ1) is 27.3. The molecule has 1 aromatic heterocycles. The molecular formula is C32H45NO7. The van der Waals surface area contributed by atoms with Crippen molar-refractivity contribution >= 4 is 10.9 Å². The Bertz CT molecular complexity index is 1370. The summed E-state index contributed by atoms with van der Waals surface area (Å²) in [4.78, 5) is 3.77. The molecule has 40 heavy (non-hydrogen) atoms. The van der Waals surface area contributed by atoms with Crippen LogP contribution in [0.3, 0.4) is 0 Å². The van der Waals surface area contributed by atoms with Crippen molar-refractivity contribution in [2.24, 2.45) is 11.3 Å². The van der Waals surface area contributed by atoms with Crippen molar-refractivity contribution < 1.29 is 35.0 Å². The van der Waals surface area contributed by atoms with Gasteiger partial charge in [-0.3, -0.25) is 0 Å². The summed E-state index contributed by atoms with van der Waals surface area (Å²) in [6.07, 6.45) is 0.541. The molecule has 10 unspecified atom stereocenters. The molecule has 8 nitrogen and oxygen atoms in total. The molecule has 0 bridgehead atoms. The summed E-state index contributed by atoms with van der Waals surface area (Å²) >= 11 is 0. The van der Waals surface area contributed by atoms with Crippen LogP contribution in [-0.2, 0) is 27.7 Å². The molecule has 2 aliphatic heterocycles. The van der Waals surface area contributed by atoms with Gasteiger partial charge in [-0.25, -0.2) is 0 Å².